The third-order valence-corrected chi connectivity index (χ3v) is 0.573. The Morgan fingerprint density at radius 1 is 1.22 bits per heavy atom. The van der Waals surface area contributed by atoms with E-state index in [1.165, 1.54) is 12.4 Å². The SMILES string of the molecule is O=c1[c-]c[nH]c[c-]1.[W].[W]. The second-order valence-electron chi connectivity index (χ2n) is 1.07. The summed E-state index contributed by atoms with van der Waals surface area (Å²) in [4.78, 5) is 12.8. The molecule has 48 valence electrons. The average Bonchev–Trinajstić information content (AvgIpc) is 1.69. The maximum atomic E-state index is 10.1. The first kappa shape index (κ1) is 12.0. The molecule has 0 saturated carbocycles. The molecule has 1 aromatic rings. The van der Waals surface area contributed by atoms with E-state index in [-0.39, 0.29) is 47.6 Å². The quantitative estimate of drug-likeness (QED) is 0.542. The standard InChI is InChI=1S/C5H3NO.2W/c7-5-1-3-6-4-2-5;;/h3-4H,(H,6,7);;/q-2;;. The van der Waals surface area contributed by atoms with Crippen LogP contribution in [0, 0.1) is 12.1 Å². The first-order valence-corrected chi connectivity index (χ1v) is 1.86. The van der Waals surface area contributed by atoms with Crippen LogP contribution in [0.1, 0.15) is 0 Å². The molecule has 1 N–H and O–H groups in total. The van der Waals surface area contributed by atoms with Crippen molar-refractivity contribution in [2.75, 3.05) is 0 Å². The molecule has 4 heteroatoms. The van der Waals surface area contributed by atoms with Crippen molar-refractivity contribution in [2.45, 2.75) is 0 Å². The fourth-order valence-corrected chi connectivity index (χ4v) is 0.298. The largest absolute Gasteiger partial charge is 0.444 e. The van der Waals surface area contributed by atoms with Crippen molar-refractivity contribution < 1.29 is 42.1 Å². The van der Waals surface area contributed by atoms with Crippen molar-refractivity contribution in [2.24, 2.45) is 0 Å². The van der Waals surface area contributed by atoms with Gasteiger partial charge in [-0.25, -0.2) is 0 Å². The normalized spacial score (nSPS) is 6.67. The number of H-pyrrole nitrogens is 1. The van der Waals surface area contributed by atoms with Gasteiger partial charge in [-0.05, 0) is 0 Å². The Morgan fingerprint density at radius 2 is 1.67 bits per heavy atom. The molecular formula is C5H3NOW2-2. The number of nitrogens with one attached hydrogen (secondary N) is 1. The third kappa shape index (κ3) is 4.81. The van der Waals surface area contributed by atoms with Gasteiger partial charge in [0.05, 0.1) is 0 Å². The van der Waals surface area contributed by atoms with Crippen molar-refractivity contribution in [3.8, 4) is 0 Å². The van der Waals surface area contributed by atoms with Crippen LogP contribution in [0.4, 0.5) is 0 Å². The zero-order valence-electron chi connectivity index (χ0n) is 4.38. The maximum Gasteiger partial charge on any atom is 0 e. The molecule has 1 heterocycles. The molecule has 0 bridgehead atoms. The van der Waals surface area contributed by atoms with Gasteiger partial charge in [-0.15, -0.1) is 0 Å². The topological polar surface area (TPSA) is 32.9 Å². The molecule has 0 atom stereocenters. The Morgan fingerprint density at radius 3 is 1.89 bits per heavy atom. The van der Waals surface area contributed by atoms with Gasteiger partial charge < -0.3 is 21.9 Å². The van der Waals surface area contributed by atoms with E-state index in [2.05, 4.69) is 17.1 Å². The predicted molar refractivity (Wildman–Crippen MR) is 24.7 cm³/mol. The number of pyridine rings is 1. The van der Waals surface area contributed by atoms with Crippen LogP contribution >= 0.6 is 0 Å². The molecule has 2 nitrogen and oxygen atoms in total. The Bertz CT molecular complexity index is 181. The summed E-state index contributed by atoms with van der Waals surface area (Å²) >= 11 is 0. The smallest absolute Gasteiger partial charge is 0 e. The van der Waals surface area contributed by atoms with E-state index in [9.17, 15) is 4.79 Å². The molecule has 1 aromatic heterocycles. The number of hydrogen-bond acceptors (Lipinski definition) is 1. The Hall–Kier alpha value is 0.327. The van der Waals surface area contributed by atoms with E-state index in [1.54, 1.807) is 0 Å². The summed E-state index contributed by atoms with van der Waals surface area (Å²) in [6.45, 7) is 0. The van der Waals surface area contributed by atoms with Crippen LogP contribution in [0.3, 0.4) is 0 Å². The Balaban J connectivity index is 0. The number of aromatic amines is 1. The van der Waals surface area contributed by atoms with E-state index < -0.39 is 0 Å². The van der Waals surface area contributed by atoms with Crippen molar-refractivity contribution in [3.05, 3.63) is 34.7 Å². The molecule has 1 rings (SSSR count). The van der Waals surface area contributed by atoms with Crippen LogP contribution in [0.5, 0.6) is 0 Å². The second-order valence-corrected chi connectivity index (χ2v) is 1.07. The van der Waals surface area contributed by atoms with E-state index in [4.69, 9.17) is 0 Å². The van der Waals surface area contributed by atoms with Crippen LogP contribution in [0.25, 0.3) is 0 Å². The van der Waals surface area contributed by atoms with Crippen molar-refractivity contribution in [1.29, 1.82) is 0 Å². The van der Waals surface area contributed by atoms with Gasteiger partial charge in [0.25, 0.3) is 0 Å². The van der Waals surface area contributed by atoms with E-state index in [0.717, 1.165) is 0 Å². The first-order valence-electron chi connectivity index (χ1n) is 1.86. The number of hydrogen-bond donors (Lipinski definition) is 1. The van der Waals surface area contributed by atoms with E-state index in [0.29, 0.717) is 0 Å². The minimum atomic E-state index is -0.209. The van der Waals surface area contributed by atoms with E-state index >= 15 is 0 Å². The fourth-order valence-electron chi connectivity index (χ4n) is 0.298. The third-order valence-electron chi connectivity index (χ3n) is 0.573. The van der Waals surface area contributed by atoms with Gasteiger partial charge in [-0.1, -0.05) is 0 Å². The van der Waals surface area contributed by atoms with Crippen LogP contribution in [0.15, 0.2) is 17.2 Å². The van der Waals surface area contributed by atoms with Gasteiger partial charge >= 0.3 is 0 Å². The molecule has 0 aromatic carbocycles. The van der Waals surface area contributed by atoms with Gasteiger partial charge in [-0.2, -0.15) is 17.8 Å². The molecule has 0 fully saturated rings. The van der Waals surface area contributed by atoms with Crippen molar-refractivity contribution >= 4 is 0 Å². The van der Waals surface area contributed by atoms with Gasteiger partial charge in [0.2, 0.25) is 0 Å². The molecule has 0 spiro atoms. The Labute approximate surface area is 81.6 Å². The molecule has 0 aliphatic rings. The van der Waals surface area contributed by atoms with E-state index in [1.807, 2.05) is 0 Å². The van der Waals surface area contributed by atoms with Crippen LogP contribution in [0.2, 0.25) is 0 Å². The minimum Gasteiger partial charge on any atom is -0.444 e. The summed E-state index contributed by atoms with van der Waals surface area (Å²) in [5.41, 5.74) is -0.209. The van der Waals surface area contributed by atoms with Gasteiger partial charge in [0.15, 0.2) is 0 Å². The number of rotatable bonds is 0. The predicted octanol–water partition coefficient (Wildman–Crippen LogP) is -0.0297. The minimum absolute atomic E-state index is 0. The average molecular weight is 461 g/mol. The summed E-state index contributed by atoms with van der Waals surface area (Å²) in [7, 11) is 0. The molecule has 0 aliphatic carbocycles. The number of aromatic nitrogens is 1. The van der Waals surface area contributed by atoms with Crippen LogP contribution in [-0.2, 0) is 42.1 Å². The molecule has 9 heavy (non-hydrogen) atoms. The monoisotopic (exact) mass is 461 g/mol. The van der Waals surface area contributed by atoms with Gasteiger partial charge in [-0.3, -0.25) is 0 Å². The molecule has 0 unspecified atom stereocenters. The zero-order chi connectivity index (χ0) is 5.11. The second kappa shape index (κ2) is 6.45. The Kier molecular flexibility index (Phi) is 8.63. The molecular weight excluding hydrogens is 458 g/mol. The summed E-state index contributed by atoms with van der Waals surface area (Å²) in [5.74, 6) is 0. The van der Waals surface area contributed by atoms with Crippen LogP contribution < -0.4 is 5.43 Å². The molecule has 0 saturated heterocycles. The summed E-state index contributed by atoms with van der Waals surface area (Å²) in [6.07, 6.45) is 2.89. The summed E-state index contributed by atoms with van der Waals surface area (Å²) < 4.78 is 0. The molecule has 0 radical (unpaired) electrons. The summed E-state index contributed by atoms with van der Waals surface area (Å²) in [6, 6.07) is 4.73. The van der Waals surface area contributed by atoms with Gasteiger partial charge in [0, 0.05) is 42.1 Å². The summed E-state index contributed by atoms with van der Waals surface area (Å²) in [5, 5.41) is 0. The molecule has 0 aliphatic heterocycles. The van der Waals surface area contributed by atoms with Crippen LogP contribution in [-0.4, -0.2) is 4.98 Å². The molecule has 0 amide bonds. The maximum absolute atomic E-state index is 10.1. The fraction of sp³-hybridized carbons (Fsp3) is 0. The van der Waals surface area contributed by atoms with Crippen molar-refractivity contribution in [1.82, 2.24) is 4.98 Å². The first-order chi connectivity index (χ1) is 3.39. The van der Waals surface area contributed by atoms with Crippen molar-refractivity contribution in [3.63, 3.8) is 0 Å². The zero-order valence-corrected chi connectivity index (χ0v) is 10.2. The van der Waals surface area contributed by atoms with Gasteiger partial charge in [0.1, 0.15) is 0 Å².